The van der Waals surface area contributed by atoms with Crippen molar-refractivity contribution in [2.45, 2.75) is 38.8 Å². The molecule has 10 nitrogen and oxygen atoms in total. The highest BCUT2D eigenvalue weighted by molar-refractivity contribution is 7.71. The summed E-state index contributed by atoms with van der Waals surface area (Å²) in [6, 6.07) is 0. The molecule has 24 heavy (non-hydrogen) atoms. The summed E-state index contributed by atoms with van der Waals surface area (Å²) in [5.74, 6) is -0.825. The van der Waals surface area contributed by atoms with Crippen molar-refractivity contribution in [3.63, 3.8) is 0 Å². The van der Waals surface area contributed by atoms with Crippen LogP contribution in [0.5, 0.6) is 0 Å². The molecule has 0 bridgehead atoms. The van der Waals surface area contributed by atoms with Gasteiger partial charge in [-0.2, -0.15) is 10.2 Å². The number of unbranched alkanes of at least 4 members (excludes halogenated alkanes) is 1. The Kier molecular flexibility index (Phi) is 5.98. The third kappa shape index (κ3) is 4.58. The number of H-pyrrole nitrogens is 2. The van der Waals surface area contributed by atoms with Gasteiger partial charge in [-0.3, -0.25) is 28.9 Å². The van der Waals surface area contributed by atoms with Crippen LogP contribution in [-0.4, -0.2) is 51.7 Å². The van der Waals surface area contributed by atoms with Gasteiger partial charge < -0.3 is 10.2 Å². The largest absolute Gasteiger partial charge is 0.480 e. The number of aromatic amines is 2. The van der Waals surface area contributed by atoms with Gasteiger partial charge >= 0.3 is 11.9 Å². The average Bonchev–Trinajstić information content (AvgIpc) is 3.01. The van der Waals surface area contributed by atoms with Crippen LogP contribution in [0.2, 0.25) is 0 Å². The van der Waals surface area contributed by atoms with Crippen LogP contribution in [0.1, 0.15) is 24.5 Å². The summed E-state index contributed by atoms with van der Waals surface area (Å²) in [4.78, 5) is 21.7. The first kappa shape index (κ1) is 18.0. The summed E-state index contributed by atoms with van der Waals surface area (Å²) in [6.45, 7) is -0.468. The van der Waals surface area contributed by atoms with Crippen molar-refractivity contribution in [2.75, 3.05) is 0 Å². The van der Waals surface area contributed by atoms with Gasteiger partial charge in [0.05, 0.1) is 0 Å². The molecular weight excluding hydrogens is 356 g/mol. The molecule has 12 heteroatoms. The highest BCUT2D eigenvalue weighted by atomic mass is 32.1. The lowest BCUT2D eigenvalue weighted by molar-refractivity contribution is -0.138. The minimum Gasteiger partial charge on any atom is -0.480 e. The maximum absolute atomic E-state index is 10.8. The number of nitrogens with zero attached hydrogens (tertiary/aromatic N) is 4. The minimum atomic E-state index is -0.988. The van der Waals surface area contributed by atoms with E-state index in [0.717, 1.165) is 0 Å². The summed E-state index contributed by atoms with van der Waals surface area (Å²) in [5.41, 5.74) is 0. The van der Waals surface area contributed by atoms with Gasteiger partial charge in [0.2, 0.25) is 0 Å². The highest BCUT2D eigenvalue weighted by Crippen LogP contribution is 2.08. The van der Waals surface area contributed by atoms with Gasteiger partial charge in [-0.05, 0) is 37.3 Å². The number of aliphatic carboxylic acids is 2. The summed E-state index contributed by atoms with van der Waals surface area (Å²) in [7, 11) is 0. The Morgan fingerprint density at radius 2 is 1.25 bits per heavy atom. The summed E-state index contributed by atoms with van der Waals surface area (Å²) < 4.78 is 3.43. The monoisotopic (exact) mass is 372 g/mol. The number of carboxylic acid groups (broad SMARTS) is 2. The van der Waals surface area contributed by atoms with Gasteiger partial charge in [0.15, 0.2) is 9.54 Å². The van der Waals surface area contributed by atoms with Crippen molar-refractivity contribution in [3.8, 4) is 0 Å². The van der Waals surface area contributed by atoms with Crippen LogP contribution in [0.4, 0.5) is 0 Å². The predicted molar refractivity (Wildman–Crippen MR) is 86.7 cm³/mol. The third-order valence-corrected chi connectivity index (χ3v) is 3.94. The first-order valence-corrected chi connectivity index (χ1v) is 7.92. The van der Waals surface area contributed by atoms with Gasteiger partial charge in [0.1, 0.15) is 24.7 Å². The second-order valence-electron chi connectivity index (χ2n) is 5.06. The molecule has 0 aliphatic rings. The van der Waals surface area contributed by atoms with Gasteiger partial charge in [-0.25, -0.2) is 0 Å². The lowest BCUT2D eigenvalue weighted by atomic mass is 10.2. The number of hydrogen-bond donors (Lipinski definition) is 4. The lowest BCUT2D eigenvalue weighted by Crippen LogP contribution is -2.13. The van der Waals surface area contributed by atoms with E-state index < -0.39 is 11.9 Å². The number of carbonyl (C=O) groups is 2. The Morgan fingerprint density at radius 3 is 1.58 bits per heavy atom. The van der Waals surface area contributed by atoms with E-state index in [2.05, 4.69) is 20.4 Å². The highest BCUT2D eigenvalue weighted by Gasteiger charge is 2.11. The van der Waals surface area contributed by atoms with E-state index in [-0.39, 0.29) is 22.6 Å². The Balaban J connectivity index is 1.92. The summed E-state index contributed by atoms with van der Waals surface area (Å²) >= 11 is 10.0. The number of rotatable bonds is 9. The molecule has 0 saturated heterocycles. The molecule has 0 aliphatic carbocycles. The number of aryl methyl sites for hydroxylation is 2. The molecule has 0 atom stereocenters. The quantitative estimate of drug-likeness (QED) is 0.376. The Labute approximate surface area is 146 Å². The van der Waals surface area contributed by atoms with E-state index in [1.54, 1.807) is 0 Å². The Bertz CT molecular complexity index is 778. The second kappa shape index (κ2) is 7.97. The van der Waals surface area contributed by atoms with Crippen molar-refractivity contribution >= 4 is 36.4 Å². The van der Waals surface area contributed by atoms with E-state index in [4.69, 9.17) is 34.6 Å². The molecule has 0 spiro atoms. The first-order valence-electron chi connectivity index (χ1n) is 7.10. The number of hydrogen-bond acceptors (Lipinski definition) is 6. The average molecular weight is 372 g/mol. The molecule has 0 aromatic carbocycles. The van der Waals surface area contributed by atoms with Gasteiger partial charge in [-0.1, -0.05) is 0 Å². The van der Waals surface area contributed by atoms with Crippen LogP contribution in [0.3, 0.4) is 0 Å². The molecule has 0 aliphatic heterocycles. The molecule has 0 radical (unpaired) electrons. The maximum Gasteiger partial charge on any atom is 0.323 e. The van der Waals surface area contributed by atoms with E-state index in [9.17, 15) is 9.59 Å². The van der Waals surface area contributed by atoms with E-state index in [0.29, 0.717) is 37.3 Å². The fourth-order valence-corrected chi connectivity index (χ4v) is 2.68. The van der Waals surface area contributed by atoms with Crippen molar-refractivity contribution in [1.82, 2.24) is 29.5 Å². The van der Waals surface area contributed by atoms with Gasteiger partial charge in [-0.15, -0.1) is 0 Å². The smallest absolute Gasteiger partial charge is 0.323 e. The molecule has 0 fully saturated rings. The predicted octanol–water partition coefficient (Wildman–Crippen LogP) is 0.929. The Morgan fingerprint density at radius 1 is 0.875 bits per heavy atom. The van der Waals surface area contributed by atoms with Gasteiger partial charge in [0.25, 0.3) is 0 Å². The molecule has 4 N–H and O–H groups in total. The first-order chi connectivity index (χ1) is 11.4. The summed E-state index contributed by atoms with van der Waals surface area (Å²) in [5, 5.41) is 31.0. The van der Waals surface area contributed by atoms with E-state index in [1.807, 2.05) is 0 Å². The van der Waals surface area contributed by atoms with Crippen molar-refractivity contribution in [1.29, 1.82) is 0 Å². The lowest BCUT2D eigenvalue weighted by Gasteiger charge is -2.05. The minimum absolute atomic E-state index is 0.234. The molecule has 2 aromatic heterocycles. The van der Waals surface area contributed by atoms with Gasteiger partial charge in [0, 0.05) is 12.8 Å². The van der Waals surface area contributed by atoms with Crippen molar-refractivity contribution in [3.05, 3.63) is 21.2 Å². The number of aromatic nitrogens is 6. The zero-order valence-corrected chi connectivity index (χ0v) is 14.2. The fraction of sp³-hybridized carbons (Fsp3) is 0.500. The topological polar surface area (TPSA) is 142 Å². The fourth-order valence-electron chi connectivity index (χ4n) is 2.25. The summed E-state index contributed by atoms with van der Waals surface area (Å²) in [6.07, 6.45) is 2.52. The van der Waals surface area contributed by atoms with E-state index in [1.165, 1.54) is 9.13 Å². The molecule has 0 amide bonds. The molecule has 2 heterocycles. The number of nitrogens with one attached hydrogen (secondary N) is 2. The van der Waals surface area contributed by atoms with Crippen molar-refractivity contribution < 1.29 is 19.8 Å². The van der Waals surface area contributed by atoms with E-state index >= 15 is 0 Å². The standard InChI is InChI=1S/C12H16N6O4S2/c19-9(20)5-17-7(13-15-11(17)23)3-1-2-4-8-14-16-12(24)18(8)6-10(21)22/h1-6H2,(H,15,23)(H,16,24)(H,19,20)(H,21,22). The van der Waals surface area contributed by atoms with Crippen LogP contribution in [-0.2, 0) is 35.5 Å². The molecule has 0 saturated carbocycles. The zero-order chi connectivity index (χ0) is 17.7. The Hall–Kier alpha value is -2.34. The normalized spacial score (nSPS) is 10.8. The molecule has 2 rings (SSSR count). The molecular formula is C12H16N6O4S2. The van der Waals surface area contributed by atoms with Crippen LogP contribution >= 0.6 is 24.4 Å². The number of carboxylic acids is 2. The van der Waals surface area contributed by atoms with Crippen molar-refractivity contribution in [2.24, 2.45) is 0 Å². The van der Waals surface area contributed by atoms with Crippen LogP contribution < -0.4 is 0 Å². The van der Waals surface area contributed by atoms with Crippen LogP contribution in [0, 0.1) is 9.54 Å². The molecule has 0 unspecified atom stereocenters. The molecule has 130 valence electrons. The third-order valence-electron chi connectivity index (χ3n) is 3.31. The maximum atomic E-state index is 10.8. The van der Waals surface area contributed by atoms with Crippen LogP contribution in [0.25, 0.3) is 0 Å². The zero-order valence-electron chi connectivity index (χ0n) is 12.6. The second-order valence-corrected chi connectivity index (χ2v) is 5.83. The van der Waals surface area contributed by atoms with Crippen LogP contribution in [0.15, 0.2) is 0 Å². The molecule has 2 aromatic rings. The SMILES string of the molecule is O=C(O)Cn1c(CCCCc2n[nH]c(=S)n2CC(=O)O)n[nH]c1=S.